The van der Waals surface area contributed by atoms with Crippen molar-refractivity contribution in [2.24, 2.45) is 0 Å². The van der Waals surface area contributed by atoms with E-state index in [9.17, 15) is 17.5 Å². The van der Waals surface area contributed by atoms with Gasteiger partial charge in [0.15, 0.2) is 5.50 Å². The van der Waals surface area contributed by atoms with Crippen molar-refractivity contribution in [1.29, 1.82) is 0 Å². The minimum absolute atomic E-state index is 0.848. The molecule has 0 N–H and O–H groups in total. The van der Waals surface area contributed by atoms with Gasteiger partial charge in [0, 0.05) is 0 Å². The SMILES string of the molecule is CC(F)C(F)S(=O)[O-]. The molecule has 0 bridgehead atoms. The highest BCUT2D eigenvalue weighted by Crippen LogP contribution is 2.04. The van der Waals surface area contributed by atoms with Gasteiger partial charge in [0.05, 0.1) is 0 Å². The van der Waals surface area contributed by atoms with Crippen molar-refractivity contribution in [2.45, 2.75) is 18.6 Å². The molecule has 0 spiro atoms. The van der Waals surface area contributed by atoms with E-state index in [4.69, 9.17) is 0 Å². The summed E-state index contributed by atoms with van der Waals surface area (Å²) in [4.78, 5) is 0. The first kappa shape index (κ1) is 7.97. The Morgan fingerprint density at radius 2 is 2.00 bits per heavy atom. The van der Waals surface area contributed by atoms with Gasteiger partial charge in [-0.05, 0) is 18.0 Å². The van der Waals surface area contributed by atoms with Crippen molar-refractivity contribution in [3.63, 3.8) is 0 Å². The molecule has 0 amide bonds. The van der Waals surface area contributed by atoms with Crippen molar-refractivity contribution in [1.82, 2.24) is 0 Å². The second-order valence-electron chi connectivity index (χ2n) is 1.29. The number of hydrogen-bond donors (Lipinski definition) is 0. The van der Waals surface area contributed by atoms with Crippen molar-refractivity contribution >= 4 is 11.1 Å². The van der Waals surface area contributed by atoms with Crippen LogP contribution in [0, 0.1) is 0 Å². The summed E-state index contributed by atoms with van der Waals surface area (Å²) in [5, 5.41) is 0. The molecule has 0 aromatic carbocycles. The smallest absolute Gasteiger partial charge is 0.192 e. The van der Waals surface area contributed by atoms with Crippen LogP contribution in [0.5, 0.6) is 0 Å². The number of alkyl halides is 2. The summed E-state index contributed by atoms with van der Waals surface area (Å²) in [7, 11) is 0. The molecule has 50 valence electrons. The standard InChI is InChI=1S/C3H6F2O2S/c1-2(4)3(5)8(6)7/h2-3H,1H3,(H,6,7)/p-1. The highest BCUT2D eigenvalue weighted by atomic mass is 32.2. The second-order valence-corrected chi connectivity index (χ2v) is 2.26. The minimum Gasteiger partial charge on any atom is -0.770 e. The van der Waals surface area contributed by atoms with Crippen LogP contribution in [-0.2, 0) is 11.1 Å². The monoisotopic (exact) mass is 143 g/mol. The molecule has 5 heteroatoms. The van der Waals surface area contributed by atoms with E-state index in [0.29, 0.717) is 0 Å². The molecule has 0 aliphatic heterocycles. The molecule has 2 nitrogen and oxygen atoms in total. The molecular formula is C3H5F2O2S-. The molecule has 3 unspecified atom stereocenters. The fraction of sp³-hybridized carbons (Fsp3) is 1.00. The molecular weight excluding hydrogens is 138 g/mol. The highest BCUT2D eigenvalue weighted by Gasteiger charge is 2.14. The Balaban J connectivity index is 3.64. The fourth-order valence-corrected chi connectivity index (χ4v) is 0.459. The summed E-state index contributed by atoms with van der Waals surface area (Å²) in [5.41, 5.74) is -2.38. The third kappa shape index (κ3) is 2.32. The zero-order valence-corrected chi connectivity index (χ0v) is 4.95. The lowest BCUT2D eigenvalue weighted by atomic mass is 10.5. The molecule has 0 radical (unpaired) electrons. The van der Waals surface area contributed by atoms with E-state index in [1.807, 2.05) is 0 Å². The predicted octanol–water partition coefficient (Wildman–Crippen LogP) is 0.519. The van der Waals surface area contributed by atoms with E-state index < -0.39 is 22.8 Å². The molecule has 0 rings (SSSR count). The number of rotatable bonds is 2. The first-order valence-electron chi connectivity index (χ1n) is 1.92. The molecule has 0 saturated carbocycles. The molecule has 0 aliphatic rings. The van der Waals surface area contributed by atoms with Crippen LogP contribution >= 0.6 is 0 Å². The van der Waals surface area contributed by atoms with Gasteiger partial charge in [-0.25, -0.2) is 8.78 Å². The van der Waals surface area contributed by atoms with Gasteiger partial charge >= 0.3 is 0 Å². The minimum atomic E-state index is -2.93. The first-order chi connectivity index (χ1) is 3.55. The van der Waals surface area contributed by atoms with Crippen molar-refractivity contribution < 1.29 is 17.5 Å². The third-order valence-corrected chi connectivity index (χ3v) is 1.29. The largest absolute Gasteiger partial charge is 0.770 e. The number of halogens is 2. The Kier molecular flexibility index (Phi) is 3.08. The molecule has 0 saturated heterocycles. The topological polar surface area (TPSA) is 40.1 Å². The lowest BCUT2D eigenvalue weighted by Gasteiger charge is -2.10. The average molecular weight is 143 g/mol. The zero-order valence-electron chi connectivity index (χ0n) is 4.14. The van der Waals surface area contributed by atoms with Crippen LogP contribution in [0.4, 0.5) is 8.78 Å². The summed E-state index contributed by atoms with van der Waals surface area (Å²) in [6.07, 6.45) is -1.94. The molecule has 0 heterocycles. The van der Waals surface area contributed by atoms with Crippen LogP contribution in [0.1, 0.15) is 6.92 Å². The van der Waals surface area contributed by atoms with Gasteiger partial charge in [0.25, 0.3) is 0 Å². The Morgan fingerprint density at radius 1 is 1.62 bits per heavy atom. The summed E-state index contributed by atoms with van der Waals surface area (Å²) in [5.74, 6) is 0. The van der Waals surface area contributed by atoms with Gasteiger partial charge < -0.3 is 4.55 Å². The fourth-order valence-electron chi connectivity index (χ4n) is 0.153. The van der Waals surface area contributed by atoms with E-state index in [1.54, 1.807) is 0 Å². The molecule has 0 aliphatic carbocycles. The van der Waals surface area contributed by atoms with E-state index in [-0.39, 0.29) is 0 Å². The van der Waals surface area contributed by atoms with E-state index in [2.05, 4.69) is 0 Å². The van der Waals surface area contributed by atoms with Gasteiger partial charge in [0.2, 0.25) is 0 Å². The van der Waals surface area contributed by atoms with E-state index in [1.165, 1.54) is 0 Å². The molecule has 0 aromatic rings. The molecule has 0 aromatic heterocycles. The number of hydrogen-bond acceptors (Lipinski definition) is 2. The van der Waals surface area contributed by atoms with Crippen LogP contribution < -0.4 is 0 Å². The lowest BCUT2D eigenvalue weighted by Crippen LogP contribution is -2.18. The molecule has 3 atom stereocenters. The van der Waals surface area contributed by atoms with Gasteiger partial charge in [0.1, 0.15) is 6.17 Å². The summed E-state index contributed by atoms with van der Waals surface area (Å²) in [6.45, 7) is 0.848. The molecule has 8 heavy (non-hydrogen) atoms. The van der Waals surface area contributed by atoms with Crippen LogP contribution in [0.25, 0.3) is 0 Å². The van der Waals surface area contributed by atoms with Crippen LogP contribution in [0.3, 0.4) is 0 Å². The van der Waals surface area contributed by atoms with E-state index >= 15 is 0 Å². The normalized spacial score (nSPS) is 22.0. The Bertz CT molecular complexity index is 95.3. The quantitative estimate of drug-likeness (QED) is 0.528. The lowest BCUT2D eigenvalue weighted by molar-refractivity contribution is 0.240. The van der Waals surface area contributed by atoms with Gasteiger partial charge in [-0.2, -0.15) is 0 Å². The Labute approximate surface area is 48.2 Å². The van der Waals surface area contributed by atoms with Crippen molar-refractivity contribution in [2.75, 3.05) is 0 Å². The maximum absolute atomic E-state index is 11.7. The van der Waals surface area contributed by atoms with Gasteiger partial charge in [-0.3, -0.25) is 4.21 Å². The maximum atomic E-state index is 11.7. The van der Waals surface area contributed by atoms with Crippen LogP contribution in [0.2, 0.25) is 0 Å². The van der Waals surface area contributed by atoms with Crippen LogP contribution in [-0.4, -0.2) is 20.4 Å². The second kappa shape index (κ2) is 3.09. The van der Waals surface area contributed by atoms with Gasteiger partial charge in [-0.15, -0.1) is 0 Å². The Hall–Kier alpha value is -0.0300. The van der Waals surface area contributed by atoms with Crippen molar-refractivity contribution in [3.8, 4) is 0 Å². The summed E-state index contributed by atoms with van der Waals surface area (Å²) in [6, 6.07) is 0. The van der Waals surface area contributed by atoms with Gasteiger partial charge in [-0.1, -0.05) is 0 Å². The maximum Gasteiger partial charge on any atom is 0.192 e. The zero-order chi connectivity index (χ0) is 6.73. The van der Waals surface area contributed by atoms with Crippen molar-refractivity contribution in [3.05, 3.63) is 0 Å². The highest BCUT2D eigenvalue weighted by molar-refractivity contribution is 7.79. The summed E-state index contributed by atoms with van der Waals surface area (Å²) < 4.78 is 42.3. The predicted molar refractivity (Wildman–Crippen MR) is 24.4 cm³/mol. The van der Waals surface area contributed by atoms with E-state index in [0.717, 1.165) is 6.92 Å². The first-order valence-corrected chi connectivity index (χ1v) is 3.05. The Morgan fingerprint density at radius 3 is 2.00 bits per heavy atom. The third-order valence-electron chi connectivity index (χ3n) is 0.545. The molecule has 0 fully saturated rings. The van der Waals surface area contributed by atoms with Crippen LogP contribution in [0.15, 0.2) is 0 Å². The summed E-state index contributed by atoms with van der Waals surface area (Å²) >= 11 is -2.93. The average Bonchev–Trinajstić information content (AvgIpc) is 1.64.